The Kier molecular flexibility index (Phi) is 9.52. The van der Waals surface area contributed by atoms with Crippen LogP contribution in [-0.2, 0) is 9.53 Å². The predicted molar refractivity (Wildman–Crippen MR) is 61.9 cm³/mol. The van der Waals surface area contributed by atoms with E-state index in [9.17, 15) is 4.79 Å². The molecule has 0 aliphatic carbocycles. The fraction of sp³-hybridized carbons (Fsp3) is 0.909. The quantitative estimate of drug-likeness (QED) is 0.563. The maximum atomic E-state index is 11.2. The van der Waals surface area contributed by atoms with Crippen LogP contribution in [0.4, 0.5) is 0 Å². The van der Waals surface area contributed by atoms with Crippen molar-refractivity contribution < 1.29 is 9.53 Å². The number of carbonyl (C=O) groups excluding carboxylic acids is 1. The predicted octanol–water partition coefficient (Wildman–Crippen LogP) is 0.917. The van der Waals surface area contributed by atoms with Crippen LogP contribution >= 0.6 is 0 Å². The van der Waals surface area contributed by atoms with E-state index in [2.05, 4.69) is 17.6 Å². The van der Waals surface area contributed by atoms with Gasteiger partial charge in [0.2, 0.25) is 5.91 Å². The van der Waals surface area contributed by atoms with Gasteiger partial charge in [-0.05, 0) is 12.8 Å². The van der Waals surface area contributed by atoms with E-state index >= 15 is 0 Å². The fourth-order valence-corrected chi connectivity index (χ4v) is 1.01. The second kappa shape index (κ2) is 9.93. The lowest BCUT2D eigenvalue weighted by atomic mass is 10.4. The molecule has 1 amide bonds. The lowest BCUT2D eigenvalue weighted by Crippen LogP contribution is -2.37. The third-order valence-corrected chi connectivity index (χ3v) is 1.81. The van der Waals surface area contributed by atoms with E-state index in [-0.39, 0.29) is 5.91 Å². The van der Waals surface area contributed by atoms with Gasteiger partial charge in [0.05, 0.1) is 6.54 Å². The Morgan fingerprint density at radius 2 is 2.07 bits per heavy atom. The lowest BCUT2D eigenvalue weighted by Gasteiger charge is -2.08. The molecule has 0 aromatic carbocycles. The van der Waals surface area contributed by atoms with Crippen LogP contribution in [0.3, 0.4) is 0 Å². The molecular weight excluding hydrogens is 192 g/mol. The molecule has 0 saturated carbocycles. The second-order valence-corrected chi connectivity index (χ2v) is 3.85. The van der Waals surface area contributed by atoms with Crippen molar-refractivity contribution in [2.45, 2.75) is 39.7 Å². The van der Waals surface area contributed by atoms with E-state index in [1.54, 1.807) is 0 Å². The molecule has 0 unspecified atom stereocenters. The van der Waals surface area contributed by atoms with Crippen LogP contribution in [0.1, 0.15) is 33.6 Å². The van der Waals surface area contributed by atoms with Gasteiger partial charge in [-0.15, -0.1) is 0 Å². The number of rotatable bonds is 9. The first-order chi connectivity index (χ1) is 7.16. The highest BCUT2D eigenvalue weighted by Crippen LogP contribution is 1.84. The molecule has 4 nitrogen and oxygen atoms in total. The highest BCUT2D eigenvalue weighted by Gasteiger charge is 2.00. The van der Waals surface area contributed by atoms with Crippen molar-refractivity contribution in [3.63, 3.8) is 0 Å². The van der Waals surface area contributed by atoms with E-state index in [0.717, 1.165) is 26.1 Å². The van der Waals surface area contributed by atoms with Gasteiger partial charge in [0, 0.05) is 25.8 Å². The molecule has 0 heterocycles. The third-order valence-electron chi connectivity index (χ3n) is 1.81. The minimum atomic E-state index is 0.0548. The second-order valence-electron chi connectivity index (χ2n) is 3.85. The van der Waals surface area contributed by atoms with Gasteiger partial charge in [0.15, 0.2) is 0 Å². The third kappa shape index (κ3) is 11.3. The molecular formula is C11H24N2O2. The number of nitrogens with one attached hydrogen (secondary N) is 2. The highest BCUT2D eigenvalue weighted by atomic mass is 16.5. The Morgan fingerprint density at radius 1 is 1.33 bits per heavy atom. The Bertz CT molecular complexity index is 161. The van der Waals surface area contributed by atoms with Gasteiger partial charge in [-0.1, -0.05) is 20.8 Å². The van der Waals surface area contributed by atoms with Crippen molar-refractivity contribution >= 4 is 5.91 Å². The Morgan fingerprint density at radius 3 is 2.67 bits per heavy atom. The van der Waals surface area contributed by atoms with E-state index in [0.29, 0.717) is 19.1 Å². The summed E-state index contributed by atoms with van der Waals surface area (Å²) in [4.78, 5) is 11.2. The smallest absolute Gasteiger partial charge is 0.233 e. The number of amides is 1. The topological polar surface area (TPSA) is 50.4 Å². The first-order valence-electron chi connectivity index (χ1n) is 5.74. The molecule has 0 aromatic rings. The zero-order valence-electron chi connectivity index (χ0n) is 10.1. The molecule has 2 N–H and O–H groups in total. The molecule has 0 rings (SSSR count). The van der Waals surface area contributed by atoms with E-state index in [1.807, 2.05) is 13.8 Å². The summed E-state index contributed by atoms with van der Waals surface area (Å²) in [7, 11) is 0. The molecule has 4 heteroatoms. The van der Waals surface area contributed by atoms with Gasteiger partial charge < -0.3 is 15.4 Å². The number of ether oxygens (including phenoxy) is 1. The summed E-state index contributed by atoms with van der Waals surface area (Å²) < 4.78 is 5.30. The van der Waals surface area contributed by atoms with Crippen LogP contribution < -0.4 is 10.6 Å². The number of hydrogen-bond donors (Lipinski definition) is 2. The van der Waals surface area contributed by atoms with E-state index in [4.69, 9.17) is 4.74 Å². The summed E-state index contributed by atoms with van der Waals surface area (Å²) in [6.45, 7) is 8.75. The number of hydrogen-bond acceptors (Lipinski definition) is 3. The van der Waals surface area contributed by atoms with Gasteiger partial charge in [0.1, 0.15) is 0 Å². The van der Waals surface area contributed by atoms with Crippen LogP contribution in [0.2, 0.25) is 0 Å². The number of carbonyl (C=O) groups is 1. The minimum Gasteiger partial charge on any atom is -0.381 e. The zero-order chi connectivity index (χ0) is 11.5. The normalized spacial score (nSPS) is 10.7. The van der Waals surface area contributed by atoms with Gasteiger partial charge in [-0.3, -0.25) is 4.79 Å². The molecule has 90 valence electrons. The van der Waals surface area contributed by atoms with Crippen molar-refractivity contribution in [2.75, 3.05) is 26.3 Å². The van der Waals surface area contributed by atoms with Gasteiger partial charge in [-0.2, -0.15) is 0 Å². The first kappa shape index (κ1) is 14.4. The summed E-state index contributed by atoms with van der Waals surface area (Å²) in [6, 6.07) is 0.351. The monoisotopic (exact) mass is 216 g/mol. The van der Waals surface area contributed by atoms with Crippen molar-refractivity contribution in [3.8, 4) is 0 Å². The molecule has 0 spiro atoms. The zero-order valence-corrected chi connectivity index (χ0v) is 10.1. The molecule has 0 radical (unpaired) electrons. The molecule has 0 aromatic heterocycles. The van der Waals surface area contributed by atoms with E-state index < -0.39 is 0 Å². The Balaban J connectivity index is 3.17. The average Bonchev–Trinajstić information content (AvgIpc) is 2.20. The highest BCUT2D eigenvalue weighted by molar-refractivity contribution is 5.77. The van der Waals surface area contributed by atoms with Crippen molar-refractivity contribution in [3.05, 3.63) is 0 Å². The standard InChI is InChI=1S/C11H24N2O2/c1-4-7-15-8-5-6-12-11(14)9-13-10(2)3/h10,13H,4-9H2,1-3H3,(H,12,14). The minimum absolute atomic E-state index is 0.0548. The van der Waals surface area contributed by atoms with Crippen LogP contribution in [0, 0.1) is 0 Å². The Labute approximate surface area is 92.8 Å². The van der Waals surface area contributed by atoms with Crippen LogP contribution in [-0.4, -0.2) is 38.3 Å². The van der Waals surface area contributed by atoms with Crippen LogP contribution in [0.5, 0.6) is 0 Å². The average molecular weight is 216 g/mol. The summed E-state index contributed by atoms with van der Waals surface area (Å²) in [5, 5.41) is 5.90. The maximum absolute atomic E-state index is 11.2. The van der Waals surface area contributed by atoms with Gasteiger partial charge >= 0.3 is 0 Å². The summed E-state index contributed by atoms with van der Waals surface area (Å²) in [5.74, 6) is 0.0548. The molecule has 0 aliphatic heterocycles. The van der Waals surface area contributed by atoms with Crippen molar-refractivity contribution in [1.82, 2.24) is 10.6 Å². The van der Waals surface area contributed by atoms with Crippen molar-refractivity contribution in [2.24, 2.45) is 0 Å². The summed E-state index contributed by atoms with van der Waals surface area (Å²) in [5.41, 5.74) is 0. The van der Waals surface area contributed by atoms with Crippen LogP contribution in [0.15, 0.2) is 0 Å². The summed E-state index contributed by atoms with van der Waals surface area (Å²) >= 11 is 0. The maximum Gasteiger partial charge on any atom is 0.233 e. The largest absolute Gasteiger partial charge is 0.381 e. The van der Waals surface area contributed by atoms with Crippen molar-refractivity contribution in [1.29, 1.82) is 0 Å². The van der Waals surface area contributed by atoms with Crippen LogP contribution in [0.25, 0.3) is 0 Å². The summed E-state index contributed by atoms with van der Waals surface area (Å²) in [6.07, 6.45) is 1.93. The Hall–Kier alpha value is -0.610. The van der Waals surface area contributed by atoms with E-state index in [1.165, 1.54) is 0 Å². The first-order valence-corrected chi connectivity index (χ1v) is 5.74. The lowest BCUT2D eigenvalue weighted by molar-refractivity contribution is -0.120. The molecule has 0 fully saturated rings. The molecule has 15 heavy (non-hydrogen) atoms. The molecule has 0 bridgehead atoms. The SMILES string of the molecule is CCCOCCCNC(=O)CNC(C)C. The molecule has 0 atom stereocenters. The molecule has 0 aliphatic rings. The molecule has 0 saturated heterocycles. The fourth-order valence-electron chi connectivity index (χ4n) is 1.01. The van der Waals surface area contributed by atoms with Gasteiger partial charge in [-0.25, -0.2) is 0 Å². The van der Waals surface area contributed by atoms with Gasteiger partial charge in [0.25, 0.3) is 0 Å².